The largest absolute Gasteiger partial charge is 0.381 e. The lowest BCUT2D eigenvalue weighted by Crippen LogP contribution is -2.42. The van der Waals surface area contributed by atoms with Gasteiger partial charge in [-0.2, -0.15) is 0 Å². The van der Waals surface area contributed by atoms with E-state index < -0.39 is 17.7 Å². The summed E-state index contributed by atoms with van der Waals surface area (Å²) in [4.78, 5) is 12.1. The summed E-state index contributed by atoms with van der Waals surface area (Å²) in [6, 6.07) is 10.3. The number of halogens is 2. The second kappa shape index (κ2) is 5.40. The SMILES string of the molecule is O=C(Nc1ccc(F)c(F)c1)C1CNc2ccccc2N1. The predicted molar refractivity (Wildman–Crippen MR) is 77.3 cm³/mol. The third-order valence-electron chi connectivity index (χ3n) is 3.26. The average Bonchev–Trinajstić information content (AvgIpc) is 2.50. The van der Waals surface area contributed by atoms with Crippen LogP contribution in [0.15, 0.2) is 42.5 Å². The van der Waals surface area contributed by atoms with Gasteiger partial charge < -0.3 is 16.0 Å². The second-order valence-electron chi connectivity index (χ2n) is 4.74. The van der Waals surface area contributed by atoms with Crippen molar-refractivity contribution in [1.29, 1.82) is 0 Å². The van der Waals surface area contributed by atoms with Crippen LogP contribution in [0.5, 0.6) is 0 Å². The molecule has 3 N–H and O–H groups in total. The molecule has 1 unspecified atom stereocenters. The van der Waals surface area contributed by atoms with Crippen LogP contribution in [-0.2, 0) is 4.79 Å². The molecular formula is C15H13F2N3O. The van der Waals surface area contributed by atoms with Gasteiger partial charge in [-0.15, -0.1) is 0 Å². The number of benzene rings is 2. The van der Waals surface area contributed by atoms with Crippen LogP contribution in [0.25, 0.3) is 0 Å². The van der Waals surface area contributed by atoms with E-state index >= 15 is 0 Å². The quantitative estimate of drug-likeness (QED) is 0.797. The van der Waals surface area contributed by atoms with Crippen LogP contribution in [0.4, 0.5) is 25.8 Å². The fraction of sp³-hybridized carbons (Fsp3) is 0.133. The summed E-state index contributed by atoms with van der Waals surface area (Å²) in [6.07, 6.45) is 0. The zero-order chi connectivity index (χ0) is 14.8. The monoisotopic (exact) mass is 289 g/mol. The Morgan fingerprint density at radius 3 is 2.62 bits per heavy atom. The number of rotatable bonds is 2. The summed E-state index contributed by atoms with van der Waals surface area (Å²) in [5, 5.41) is 8.81. The number of anilines is 3. The Hall–Kier alpha value is -2.63. The number of carbonyl (C=O) groups excluding carboxylic acids is 1. The van der Waals surface area contributed by atoms with Crippen molar-refractivity contribution in [3.05, 3.63) is 54.1 Å². The topological polar surface area (TPSA) is 53.2 Å². The highest BCUT2D eigenvalue weighted by atomic mass is 19.2. The highest BCUT2D eigenvalue weighted by Gasteiger charge is 2.23. The Morgan fingerprint density at radius 2 is 1.86 bits per heavy atom. The van der Waals surface area contributed by atoms with Crippen molar-refractivity contribution in [3.63, 3.8) is 0 Å². The Balaban J connectivity index is 1.70. The first-order valence-electron chi connectivity index (χ1n) is 6.49. The molecular weight excluding hydrogens is 276 g/mol. The molecule has 0 saturated heterocycles. The van der Waals surface area contributed by atoms with E-state index in [0.717, 1.165) is 23.5 Å². The van der Waals surface area contributed by atoms with Crippen LogP contribution in [0.2, 0.25) is 0 Å². The number of amides is 1. The third kappa shape index (κ3) is 2.79. The van der Waals surface area contributed by atoms with Crippen molar-refractivity contribution < 1.29 is 13.6 Å². The van der Waals surface area contributed by atoms with Gasteiger partial charge in [-0.1, -0.05) is 12.1 Å². The molecule has 108 valence electrons. The molecule has 0 aliphatic carbocycles. The summed E-state index contributed by atoms with van der Waals surface area (Å²) in [5.41, 5.74) is 1.98. The van der Waals surface area contributed by atoms with Gasteiger partial charge in [-0.25, -0.2) is 8.78 Å². The predicted octanol–water partition coefficient (Wildman–Crippen LogP) is 2.81. The minimum Gasteiger partial charge on any atom is -0.381 e. The molecule has 1 atom stereocenters. The van der Waals surface area contributed by atoms with Gasteiger partial charge in [-0.3, -0.25) is 4.79 Å². The minimum absolute atomic E-state index is 0.222. The lowest BCUT2D eigenvalue weighted by Gasteiger charge is -2.27. The standard InChI is InChI=1S/C15H13F2N3O/c16-10-6-5-9(7-11(10)17)19-15(21)14-8-18-12-3-1-2-4-13(12)20-14/h1-7,14,18,20H,8H2,(H,19,21). The number of para-hydroxylation sites is 2. The van der Waals surface area contributed by atoms with E-state index in [1.807, 2.05) is 24.3 Å². The van der Waals surface area contributed by atoms with Gasteiger partial charge in [-0.05, 0) is 24.3 Å². The van der Waals surface area contributed by atoms with E-state index in [1.54, 1.807) is 0 Å². The van der Waals surface area contributed by atoms with Crippen LogP contribution in [-0.4, -0.2) is 18.5 Å². The number of fused-ring (bicyclic) bond motifs is 1. The number of hydrogen-bond acceptors (Lipinski definition) is 3. The molecule has 0 aromatic heterocycles. The van der Waals surface area contributed by atoms with Gasteiger partial charge in [0.25, 0.3) is 0 Å². The summed E-state index contributed by atoms with van der Waals surface area (Å²) < 4.78 is 26.0. The van der Waals surface area contributed by atoms with Crippen molar-refractivity contribution >= 4 is 23.0 Å². The van der Waals surface area contributed by atoms with Gasteiger partial charge >= 0.3 is 0 Å². The average molecular weight is 289 g/mol. The van der Waals surface area contributed by atoms with Crippen LogP contribution in [0.1, 0.15) is 0 Å². The number of hydrogen-bond donors (Lipinski definition) is 3. The first-order chi connectivity index (χ1) is 10.1. The first kappa shape index (κ1) is 13.4. The van der Waals surface area contributed by atoms with E-state index in [1.165, 1.54) is 6.07 Å². The molecule has 2 aromatic carbocycles. The van der Waals surface area contributed by atoms with E-state index in [4.69, 9.17) is 0 Å². The molecule has 21 heavy (non-hydrogen) atoms. The normalized spacial score (nSPS) is 16.4. The van der Waals surface area contributed by atoms with Crippen molar-refractivity contribution in [2.75, 3.05) is 22.5 Å². The van der Waals surface area contributed by atoms with Crippen LogP contribution in [0.3, 0.4) is 0 Å². The van der Waals surface area contributed by atoms with Crippen molar-refractivity contribution in [1.82, 2.24) is 0 Å². The molecule has 3 rings (SSSR count). The summed E-state index contributed by atoms with van der Waals surface area (Å²) in [7, 11) is 0. The summed E-state index contributed by atoms with van der Waals surface area (Å²) in [5.74, 6) is -2.25. The summed E-state index contributed by atoms with van der Waals surface area (Å²) >= 11 is 0. The molecule has 4 nitrogen and oxygen atoms in total. The van der Waals surface area contributed by atoms with Gasteiger partial charge in [0.2, 0.25) is 5.91 Å². The molecule has 0 saturated carbocycles. The van der Waals surface area contributed by atoms with Crippen LogP contribution < -0.4 is 16.0 Å². The van der Waals surface area contributed by atoms with Crippen LogP contribution >= 0.6 is 0 Å². The van der Waals surface area contributed by atoms with Gasteiger partial charge in [0.05, 0.1) is 11.4 Å². The molecule has 2 aromatic rings. The second-order valence-corrected chi connectivity index (χ2v) is 4.74. The molecule has 0 bridgehead atoms. The maximum atomic E-state index is 13.1. The van der Waals surface area contributed by atoms with E-state index in [9.17, 15) is 13.6 Å². The van der Waals surface area contributed by atoms with Crippen molar-refractivity contribution in [3.8, 4) is 0 Å². The molecule has 0 spiro atoms. The molecule has 1 aliphatic rings. The van der Waals surface area contributed by atoms with Gasteiger partial charge in [0, 0.05) is 18.3 Å². The first-order valence-corrected chi connectivity index (χ1v) is 6.49. The lowest BCUT2D eigenvalue weighted by atomic mass is 10.1. The molecule has 1 aliphatic heterocycles. The van der Waals surface area contributed by atoms with Gasteiger partial charge in [0.15, 0.2) is 11.6 Å². The Bertz CT molecular complexity index is 690. The molecule has 0 fully saturated rings. The van der Waals surface area contributed by atoms with E-state index in [0.29, 0.717) is 6.54 Å². The fourth-order valence-electron chi connectivity index (χ4n) is 2.18. The third-order valence-corrected chi connectivity index (χ3v) is 3.26. The number of carbonyl (C=O) groups is 1. The van der Waals surface area contributed by atoms with E-state index in [2.05, 4.69) is 16.0 Å². The Morgan fingerprint density at radius 1 is 1.10 bits per heavy atom. The molecule has 1 heterocycles. The smallest absolute Gasteiger partial charge is 0.248 e. The Labute approximate surface area is 120 Å². The molecule has 6 heteroatoms. The summed E-state index contributed by atoms with van der Waals surface area (Å²) in [6.45, 7) is 0.409. The maximum Gasteiger partial charge on any atom is 0.248 e. The zero-order valence-electron chi connectivity index (χ0n) is 11.0. The maximum absolute atomic E-state index is 13.1. The highest BCUT2D eigenvalue weighted by molar-refractivity contribution is 5.98. The molecule has 0 radical (unpaired) electrons. The fourth-order valence-corrected chi connectivity index (χ4v) is 2.18. The molecule has 1 amide bonds. The minimum atomic E-state index is -0.993. The van der Waals surface area contributed by atoms with Crippen molar-refractivity contribution in [2.45, 2.75) is 6.04 Å². The highest BCUT2D eigenvalue weighted by Crippen LogP contribution is 2.25. The van der Waals surface area contributed by atoms with Crippen LogP contribution in [0, 0.1) is 11.6 Å². The van der Waals surface area contributed by atoms with Gasteiger partial charge in [0.1, 0.15) is 6.04 Å². The van der Waals surface area contributed by atoms with Crippen molar-refractivity contribution in [2.24, 2.45) is 0 Å². The van der Waals surface area contributed by atoms with E-state index in [-0.39, 0.29) is 11.6 Å². The lowest BCUT2D eigenvalue weighted by molar-refractivity contribution is -0.116. The Kier molecular flexibility index (Phi) is 3.43. The zero-order valence-corrected chi connectivity index (χ0v) is 11.0. The number of nitrogens with one attached hydrogen (secondary N) is 3.